The van der Waals surface area contributed by atoms with Crippen molar-refractivity contribution in [1.82, 2.24) is 10.2 Å². The van der Waals surface area contributed by atoms with Gasteiger partial charge in [-0.3, -0.25) is 9.69 Å². The Morgan fingerprint density at radius 1 is 1.26 bits per heavy atom. The molecule has 3 nitrogen and oxygen atoms in total. The SMILES string of the molecule is CC(C)CN1C2CCCC1CC(NC(=O)c1ccccc1F)C2. The van der Waals surface area contributed by atoms with E-state index in [1.54, 1.807) is 18.2 Å². The first-order chi connectivity index (χ1) is 11.0. The summed E-state index contributed by atoms with van der Waals surface area (Å²) in [4.78, 5) is 15.0. The van der Waals surface area contributed by atoms with E-state index in [1.807, 2.05) is 0 Å². The highest BCUT2D eigenvalue weighted by Crippen LogP contribution is 2.34. The average Bonchev–Trinajstić information content (AvgIpc) is 2.47. The predicted molar refractivity (Wildman–Crippen MR) is 89.9 cm³/mol. The minimum absolute atomic E-state index is 0.155. The number of halogens is 1. The number of nitrogens with zero attached hydrogens (tertiary/aromatic N) is 1. The smallest absolute Gasteiger partial charge is 0.254 e. The number of amides is 1. The number of nitrogens with one attached hydrogen (secondary N) is 1. The summed E-state index contributed by atoms with van der Waals surface area (Å²) in [6.07, 6.45) is 5.70. The molecule has 0 aromatic heterocycles. The second-order valence-corrected chi connectivity index (χ2v) is 7.45. The first kappa shape index (κ1) is 16.4. The number of carbonyl (C=O) groups excluding carboxylic acids is 1. The lowest BCUT2D eigenvalue weighted by Crippen LogP contribution is -2.57. The lowest BCUT2D eigenvalue weighted by atomic mass is 9.81. The van der Waals surface area contributed by atoms with Crippen molar-refractivity contribution in [2.24, 2.45) is 5.92 Å². The zero-order chi connectivity index (χ0) is 16.4. The van der Waals surface area contributed by atoms with Gasteiger partial charge in [0.05, 0.1) is 5.56 Å². The third-order valence-corrected chi connectivity index (χ3v) is 5.16. The monoisotopic (exact) mass is 318 g/mol. The zero-order valence-electron chi connectivity index (χ0n) is 14.1. The highest BCUT2D eigenvalue weighted by Gasteiger charge is 2.38. The minimum atomic E-state index is -0.442. The van der Waals surface area contributed by atoms with Crippen LogP contribution in [0.4, 0.5) is 4.39 Å². The van der Waals surface area contributed by atoms with Crippen LogP contribution >= 0.6 is 0 Å². The Morgan fingerprint density at radius 3 is 2.52 bits per heavy atom. The number of hydrogen-bond acceptors (Lipinski definition) is 2. The summed E-state index contributed by atoms with van der Waals surface area (Å²) in [5.74, 6) is -0.0476. The molecule has 0 aliphatic carbocycles. The van der Waals surface area contributed by atoms with E-state index in [9.17, 15) is 9.18 Å². The van der Waals surface area contributed by atoms with Gasteiger partial charge in [-0.05, 0) is 43.7 Å². The maximum atomic E-state index is 13.8. The van der Waals surface area contributed by atoms with Crippen LogP contribution in [-0.2, 0) is 0 Å². The topological polar surface area (TPSA) is 32.3 Å². The van der Waals surface area contributed by atoms with Crippen LogP contribution in [0, 0.1) is 11.7 Å². The van der Waals surface area contributed by atoms with Gasteiger partial charge >= 0.3 is 0 Å². The van der Waals surface area contributed by atoms with E-state index < -0.39 is 5.82 Å². The van der Waals surface area contributed by atoms with Crippen molar-refractivity contribution >= 4 is 5.91 Å². The Balaban J connectivity index is 1.65. The summed E-state index contributed by atoms with van der Waals surface area (Å²) in [5, 5.41) is 3.07. The van der Waals surface area contributed by atoms with Crippen LogP contribution in [0.3, 0.4) is 0 Å². The van der Waals surface area contributed by atoms with Crippen molar-refractivity contribution in [3.8, 4) is 0 Å². The van der Waals surface area contributed by atoms with E-state index in [2.05, 4.69) is 24.1 Å². The first-order valence-corrected chi connectivity index (χ1v) is 8.85. The van der Waals surface area contributed by atoms with Crippen molar-refractivity contribution in [3.05, 3.63) is 35.6 Å². The van der Waals surface area contributed by atoms with E-state index in [0.29, 0.717) is 18.0 Å². The fraction of sp³-hybridized carbons (Fsp3) is 0.632. The summed E-state index contributed by atoms with van der Waals surface area (Å²) >= 11 is 0. The van der Waals surface area contributed by atoms with Gasteiger partial charge < -0.3 is 5.32 Å². The molecule has 2 bridgehead atoms. The molecule has 1 aromatic carbocycles. The van der Waals surface area contributed by atoms with Gasteiger partial charge in [0.1, 0.15) is 5.82 Å². The molecule has 0 radical (unpaired) electrons. The number of carbonyl (C=O) groups is 1. The summed E-state index contributed by atoms with van der Waals surface area (Å²) in [5.41, 5.74) is 0.155. The van der Waals surface area contributed by atoms with Crippen LogP contribution in [0.25, 0.3) is 0 Å². The maximum absolute atomic E-state index is 13.8. The standard InChI is InChI=1S/C19H27FN2O/c1-13(2)12-22-15-6-5-7-16(22)11-14(10-15)21-19(23)17-8-3-4-9-18(17)20/h3-4,8-9,13-16H,5-7,10-12H2,1-2H3,(H,21,23). The third-order valence-electron chi connectivity index (χ3n) is 5.16. The highest BCUT2D eigenvalue weighted by atomic mass is 19.1. The summed E-state index contributed by atoms with van der Waals surface area (Å²) in [7, 11) is 0. The van der Waals surface area contributed by atoms with E-state index in [0.717, 1.165) is 19.4 Å². The second-order valence-electron chi connectivity index (χ2n) is 7.45. The number of piperidine rings is 2. The fourth-order valence-electron chi connectivity index (χ4n) is 4.22. The molecular formula is C19H27FN2O. The van der Waals surface area contributed by atoms with Gasteiger partial charge in [0.2, 0.25) is 0 Å². The van der Waals surface area contributed by atoms with Gasteiger partial charge in [-0.25, -0.2) is 4.39 Å². The van der Waals surface area contributed by atoms with Crippen molar-refractivity contribution in [1.29, 1.82) is 0 Å². The molecule has 1 N–H and O–H groups in total. The molecular weight excluding hydrogens is 291 g/mol. The van der Waals surface area contributed by atoms with E-state index in [1.165, 1.54) is 25.3 Å². The quantitative estimate of drug-likeness (QED) is 0.920. The first-order valence-electron chi connectivity index (χ1n) is 8.85. The number of fused-ring (bicyclic) bond motifs is 2. The van der Waals surface area contributed by atoms with Crippen LogP contribution in [0.15, 0.2) is 24.3 Å². The Hall–Kier alpha value is -1.42. The molecule has 2 aliphatic heterocycles. The van der Waals surface area contributed by atoms with Gasteiger partial charge in [0.15, 0.2) is 0 Å². The predicted octanol–water partition coefficient (Wildman–Crippen LogP) is 3.60. The van der Waals surface area contributed by atoms with E-state index in [-0.39, 0.29) is 17.5 Å². The van der Waals surface area contributed by atoms with Gasteiger partial charge in [-0.15, -0.1) is 0 Å². The van der Waals surface area contributed by atoms with Gasteiger partial charge in [0, 0.05) is 24.7 Å². The minimum Gasteiger partial charge on any atom is -0.349 e. The van der Waals surface area contributed by atoms with Crippen LogP contribution in [-0.4, -0.2) is 35.5 Å². The molecule has 23 heavy (non-hydrogen) atoms. The molecule has 2 heterocycles. The molecule has 2 fully saturated rings. The van der Waals surface area contributed by atoms with Crippen molar-refractivity contribution < 1.29 is 9.18 Å². The maximum Gasteiger partial charge on any atom is 0.254 e. The Kier molecular flexibility index (Phi) is 5.00. The van der Waals surface area contributed by atoms with Crippen LogP contribution in [0.2, 0.25) is 0 Å². The Bertz CT molecular complexity index is 546. The summed E-state index contributed by atoms with van der Waals surface area (Å²) < 4.78 is 13.8. The normalized spacial score (nSPS) is 27.9. The molecule has 1 amide bonds. The largest absolute Gasteiger partial charge is 0.349 e. The Morgan fingerprint density at radius 2 is 1.91 bits per heavy atom. The van der Waals surface area contributed by atoms with Crippen LogP contribution in [0.5, 0.6) is 0 Å². The van der Waals surface area contributed by atoms with Crippen LogP contribution < -0.4 is 5.32 Å². The number of benzene rings is 1. The lowest BCUT2D eigenvalue weighted by molar-refractivity contribution is 0.0158. The highest BCUT2D eigenvalue weighted by molar-refractivity contribution is 5.94. The van der Waals surface area contributed by atoms with Gasteiger partial charge in [-0.2, -0.15) is 0 Å². The van der Waals surface area contributed by atoms with E-state index in [4.69, 9.17) is 0 Å². The van der Waals surface area contributed by atoms with Crippen molar-refractivity contribution in [2.75, 3.05) is 6.54 Å². The molecule has 126 valence electrons. The van der Waals surface area contributed by atoms with Gasteiger partial charge in [-0.1, -0.05) is 32.4 Å². The third kappa shape index (κ3) is 3.74. The lowest BCUT2D eigenvalue weighted by Gasteiger charge is -2.49. The molecule has 0 saturated carbocycles. The molecule has 1 aromatic rings. The average molecular weight is 318 g/mol. The van der Waals surface area contributed by atoms with E-state index >= 15 is 0 Å². The fourth-order valence-corrected chi connectivity index (χ4v) is 4.22. The zero-order valence-corrected chi connectivity index (χ0v) is 14.1. The molecule has 4 heteroatoms. The number of rotatable bonds is 4. The van der Waals surface area contributed by atoms with Crippen molar-refractivity contribution in [2.45, 2.75) is 64.1 Å². The molecule has 0 spiro atoms. The summed E-state index contributed by atoms with van der Waals surface area (Å²) in [6.45, 7) is 5.67. The number of hydrogen-bond donors (Lipinski definition) is 1. The molecule has 2 unspecified atom stereocenters. The molecule has 3 rings (SSSR count). The van der Waals surface area contributed by atoms with Crippen molar-refractivity contribution in [3.63, 3.8) is 0 Å². The second kappa shape index (κ2) is 7.00. The Labute approximate surface area is 138 Å². The van der Waals surface area contributed by atoms with Gasteiger partial charge in [0.25, 0.3) is 5.91 Å². The molecule has 2 saturated heterocycles. The molecule has 2 aliphatic rings. The molecule has 2 atom stereocenters. The summed E-state index contributed by atoms with van der Waals surface area (Å²) in [6, 6.07) is 7.51. The van der Waals surface area contributed by atoms with Crippen LogP contribution in [0.1, 0.15) is 56.3 Å².